The van der Waals surface area contributed by atoms with Gasteiger partial charge in [0.05, 0.1) is 5.54 Å². The van der Waals surface area contributed by atoms with Crippen LogP contribution in [-0.4, -0.2) is 41.5 Å². The van der Waals surface area contributed by atoms with Crippen molar-refractivity contribution < 1.29 is 4.79 Å². The smallest absolute Gasteiger partial charge is 0.237 e. The van der Waals surface area contributed by atoms with Crippen molar-refractivity contribution in [3.05, 3.63) is 0 Å². The van der Waals surface area contributed by atoms with E-state index in [9.17, 15) is 4.79 Å². The highest BCUT2D eigenvalue weighted by Gasteiger charge is 2.45. The Morgan fingerprint density at radius 3 is 2.57 bits per heavy atom. The maximum atomic E-state index is 12.1. The fourth-order valence-electron chi connectivity index (χ4n) is 3.79. The lowest BCUT2D eigenvalue weighted by molar-refractivity contribution is -0.126. The Bertz CT molecular complexity index is 354. The number of nitrogens with two attached hydrogens (primary N) is 1. The number of nitrogens with one attached hydrogen (secondary N) is 1. The first-order valence-corrected chi connectivity index (χ1v) is 8.79. The first-order valence-electron chi connectivity index (χ1n) is 8.79. The molecule has 0 aromatic heterocycles. The van der Waals surface area contributed by atoms with Crippen molar-refractivity contribution in [1.82, 2.24) is 10.2 Å². The third kappa shape index (κ3) is 4.19. The molecule has 21 heavy (non-hydrogen) atoms. The average molecular weight is 295 g/mol. The molecule has 0 aliphatic heterocycles. The molecule has 2 rings (SSSR count). The molecule has 0 saturated heterocycles. The number of primary amides is 1. The topological polar surface area (TPSA) is 58.4 Å². The van der Waals surface area contributed by atoms with Gasteiger partial charge in [-0.2, -0.15) is 0 Å². The van der Waals surface area contributed by atoms with E-state index in [4.69, 9.17) is 5.73 Å². The molecule has 2 aliphatic carbocycles. The lowest BCUT2D eigenvalue weighted by Crippen LogP contribution is -2.61. The number of carbonyl (C=O) groups excluding carboxylic acids is 1. The van der Waals surface area contributed by atoms with Gasteiger partial charge >= 0.3 is 0 Å². The summed E-state index contributed by atoms with van der Waals surface area (Å²) in [5.74, 6) is 0.528. The predicted molar refractivity (Wildman–Crippen MR) is 87.0 cm³/mol. The summed E-state index contributed by atoms with van der Waals surface area (Å²) in [6.45, 7) is 8.74. The molecule has 0 heterocycles. The third-order valence-electron chi connectivity index (χ3n) is 4.97. The van der Waals surface area contributed by atoms with Gasteiger partial charge in [0.15, 0.2) is 0 Å². The minimum Gasteiger partial charge on any atom is -0.368 e. The van der Waals surface area contributed by atoms with E-state index in [1.165, 1.54) is 19.3 Å². The van der Waals surface area contributed by atoms with Gasteiger partial charge in [0.1, 0.15) is 0 Å². The average Bonchev–Trinajstić information content (AvgIpc) is 3.27. The summed E-state index contributed by atoms with van der Waals surface area (Å²) in [4.78, 5) is 14.8. The molecule has 0 bridgehead atoms. The first-order chi connectivity index (χ1) is 9.98. The third-order valence-corrected chi connectivity index (χ3v) is 4.97. The standard InChI is InChI=1S/C17H33N3O/c1-4-10-19-17(16(18)21)9-5-6-15(11-17)20(12-13(2)3)14-7-8-14/h13-15,19H,4-12H2,1-3H3,(H2,18,21). The summed E-state index contributed by atoms with van der Waals surface area (Å²) in [7, 11) is 0. The molecule has 0 aromatic rings. The second-order valence-electron chi connectivity index (χ2n) is 7.45. The van der Waals surface area contributed by atoms with Crippen molar-refractivity contribution in [2.24, 2.45) is 11.7 Å². The normalized spacial score (nSPS) is 30.0. The van der Waals surface area contributed by atoms with E-state index < -0.39 is 5.54 Å². The summed E-state index contributed by atoms with van der Waals surface area (Å²) < 4.78 is 0. The Morgan fingerprint density at radius 2 is 2.05 bits per heavy atom. The number of nitrogens with zero attached hydrogens (tertiary/aromatic N) is 1. The van der Waals surface area contributed by atoms with Gasteiger partial charge in [-0.25, -0.2) is 0 Å². The monoisotopic (exact) mass is 295 g/mol. The van der Waals surface area contributed by atoms with E-state index in [0.717, 1.165) is 44.8 Å². The maximum absolute atomic E-state index is 12.1. The van der Waals surface area contributed by atoms with Gasteiger partial charge in [-0.05, 0) is 57.4 Å². The first kappa shape index (κ1) is 16.8. The molecule has 0 radical (unpaired) electrons. The molecule has 2 saturated carbocycles. The lowest BCUT2D eigenvalue weighted by Gasteiger charge is -2.44. The molecular formula is C17H33N3O. The predicted octanol–water partition coefficient (Wildman–Crippen LogP) is 2.27. The van der Waals surface area contributed by atoms with Crippen molar-refractivity contribution >= 4 is 5.91 Å². The highest BCUT2D eigenvalue weighted by Crippen LogP contribution is 2.37. The van der Waals surface area contributed by atoms with Crippen LogP contribution in [0.25, 0.3) is 0 Å². The van der Waals surface area contributed by atoms with Gasteiger partial charge in [0.25, 0.3) is 0 Å². The minimum absolute atomic E-state index is 0.152. The molecule has 0 aromatic carbocycles. The molecule has 122 valence electrons. The molecule has 4 heteroatoms. The molecule has 1 amide bonds. The number of hydrogen-bond acceptors (Lipinski definition) is 3. The fourth-order valence-corrected chi connectivity index (χ4v) is 3.79. The van der Waals surface area contributed by atoms with Gasteiger partial charge in [0, 0.05) is 18.6 Å². The van der Waals surface area contributed by atoms with Crippen LogP contribution in [0.4, 0.5) is 0 Å². The SMILES string of the molecule is CCCNC1(C(N)=O)CCCC(N(CC(C)C)C2CC2)C1. The zero-order chi connectivity index (χ0) is 15.5. The highest BCUT2D eigenvalue weighted by molar-refractivity contribution is 5.84. The van der Waals surface area contributed by atoms with Crippen molar-refractivity contribution in [2.45, 2.75) is 83.3 Å². The summed E-state index contributed by atoms with van der Waals surface area (Å²) in [6, 6.07) is 1.28. The Hall–Kier alpha value is -0.610. The molecule has 2 unspecified atom stereocenters. The van der Waals surface area contributed by atoms with Crippen molar-refractivity contribution in [3.8, 4) is 0 Å². The number of amides is 1. The Balaban J connectivity index is 2.07. The molecule has 2 aliphatic rings. The second-order valence-corrected chi connectivity index (χ2v) is 7.45. The van der Waals surface area contributed by atoms with Crippen LogP contribution in [0.2, 0.25) is 0 Å². The van der Waals surface area contributed by atoms with E-state index in [-0.39, 0.29) is 5.91 Å². The molecule has 2 fully saturated rings. The van der Waals surface area contributed by atoms with Crippen molar-refractivity contribution in [2.75, 3.05) is 13.1 Å². The molecule has 2 atom stereocenters. The van der Waals surface area contributed by atoms with Crippen LogP contribution < -0.4 is 11.1 Å². The van der Waals surface area contributed by atoms with Crippen molar-refractivity contribution in [1.29, 1.82) is 0 Å². The number of hydrogen-bond donors (Lipinski definition) is 2. The summed E-state index contributed by atoms with van der Waals surface area (Å²) in [5, 5.41) is 3.48. The van der Waals surface area contributed by atoms with Gasteiger partial charge in [-0.3, -0.25) is 9.69 Å². The van der Waals surface area contributed by atoms with Crippen molar-refractivity contribution in [3.63, 3.8) is 0 Å². The van der Waals surface area contributed by atoms with E-state index in [0.29, 0.717) is 12.0 Å². The summed E-state index contributed by atoms with van der Waals surface area (Å²) in [5.41, 5.74) is 5.31. The number of carbonyl (C=O) groups is 1. The van der Waals surface area contributed by atoms with Gasteiger partial charge in [-0.15, -0.1) is 0 Å². The van der Waals surface area contributed by atoms with Crippen LogP contribution in [0.5, 0.6) is 0 Å². The van der Waals surface area contributed by atoms with E-state index in [1.807, 2.05) is 0 Å². The van der Waals surface area contributed by atoms with Crippen LogP contribution in [0.1, 0.15) is 65.7 Å². The van der Waals surface area contributed by atoms with Gasteiger partial charge < -0.3 is 11.1 Å². The molecule has 3 N–H and O–H groups in total. The quantitative estimate of drug-likeness (QED) is 0.722. The minimum atomic E-state index is -0.469. The Kier molecular flexibility index (Phi) is 5.67. The van der Waals surface area contributed by atoms with Crippen LogP contribution in [0.15, 0.2) is 0 Å². The zero-order valence-corrected chi connectivity index (χ0v) is 14.0. The zero-order valence-electron chi connectivity index (χ0n) is 14.0. The van der Waals surface area contributed by atoms with Crippen LogP contribution >= 0.6 is 0 Å². The second kappa shape index (κ2) is 7.10. The van der Waals surface area contributed by atoms with Gasteiger partial charge in [0.2, 0.25) is 5.91 Å². The molecule has 0 spiro atoms. The summed E-state index contributed by atoms with van der Waals surface area (Å²) >= 11 is 0. The maximum Gasteiger partial charge on any atom is 0.237 e. The van der Waals surface area contributed by atoms with Crippen LogP contribution in [0, 0.1) is 5.92 Å². The Morgan fingerprint density at radius 1 is 1.33 bits per heavy atom. The summed E-state index contributed by atoms with van der Waals surface area (Å²) in [6.07, 6.45) is 7.81. The van der Waals surface area contributed by atoms with E-state index in [1.54, 1.807) is 0 Å². The molecule has 4 nitrogen and oxygen atoms in total. The van der Waals surface area contributed by atoms with E-state index in [2.05, 4.69) is 31.0 Å². The lowest BCUT2D eigenvalue weighted by atomic mass is 9.77. The van der Waals surface area contributed by atoms with Crippen LogP contribution in [0.3, 0.4) is 0 Å². The largest absolute Gasteiger partial charge is 0.368 e. The molecular weight excluding hydrogens is 262 g/mol. The fraction of sp³-hybridized carbons (Fsp3) is 0.941. The van der Waals surface area contributed by atoms with Crippen LogP contribution in [-0.2, 0) is 4.79 Å². The number of rotatable bonds is 8. The Labute approximate surface area is 129 Å². The highest BCUT2D eigenvalue weighted by atomic mass is 16.1. The van der Waals surface area contributed by atoms with Gasteiger partial charge in [-0.1, -0.05) is 20.8 Å². The van der Waals surface area contributed by atoms with E-state index >= 15 is 0 Å².